The van der Waals surface area contributed by atoms with E-state index in [1.165, 1.54) is 4.90 Å². The van der Waals surface area contributed by atoms with Gasteiger partial charge in [0.05, 0.1) is 11.8 Å². The molecule has 1 amide bonds. The van der Waals surface area contributed by atoms with Gasteiger partial charge in [-0.05, 0) is 44.0 Å². The number of aliphatic imine (C=N–C) groups is 1. The summed E-state index contributed by atoms with van der Waals surface area (Å²) >= 11 is 1.69. The van der Waals surface area contributed by atoms with Crippen LogP contribution in [-0.4, -0.2) is 30.9 Å². The largest absolute Gasteiger partial charge is 0.376 e. The predicted octanol–water partition coefficient (Wildman–Crippen LogP) is 4.20. The molecular weight excluding hydrogens is 332 g/mol. The zero-order chi connectivity index (χ0) is 17.2. The van der Waals surface area contributed by atoms with Crippen molar-refractivity contribution in [1.82, 2.24) is 5.32 Å². The van der Waals surface area contributed by atoms with Crippen molar-refractivity contribution in [3.63, 3.8) is 0 Å². The summed E-state index contributed by atoms with van der Waals surface area (Å²) in [5, 5.41) is 2.97. The molecule has 2 aromatic carbocycles. The molecule has 1 N–H and O–H groups in total. The number of amides is 1. The van der Waals surface area contributed by atoms with Gasteiger partial charge in [-0.1, -0.05) is 30.0 Å². The van der Waals surface area contributed by atoms with Crippen LogP contribution < -0.4 is 5.32 Å². The topological polar surface area (TPSA) is 50.7 Å². The van der Waals surface area contributed by atoms with Gasteiger partial charge in [0.15, 0.2) is 0 Å². The summed E-state index contributed by atoms with van der Waals surface area (Å²) in [6.07, 6.45) is 2.24. The Morgan fingerprint density at radius 2 is 2.16 bits per heavy atom. The number of nitrogens with one attached hydrogen (secondary N) is 1. The Bertz CT molecular complexity index is 841. The normalized spacial score (nSPS) is 18.8. The highest BCUT2D eigenvalue weighted by molar-refractivity contribution is 7.99. The van der Waals surface area contributed by atoms with Gasteiger partial charge in [0.25, 0.3) is 5.91 Å². The lowest BCUT2D eigenvalue weighted by molar-refractivity contribution is 0.0858. The van der Waals surface area contributed by atoms with Crippen LogP contribution in [0.3, 0.4) is 0 Å². The number of fused-ring (bicyclic) bond motifs is 2. The van der Waals surface area contributed by atoms with Crippen molar-refractivity contribution in [3.05, 3.63) is 53.6 Å². The molecule has 5 heteroatoms. The van der Waals surface area contributed by atoms with Crippen molar-refractivity contribution in [2.24, 2.45) is 4.99 Å². The smallest absolute Gasteiger partial charge is 0.251 e. The van der Waals surface area contributed by atoms with Crippen LogP contribution in [0.4, 0.5) is 5.69 Å². The SMILES string of the molecule is CC1=Nc2cc(C(=O)NCC3CCCO3)ccc2Sc2ccccc21. The van der Waals surface area contributed by atoms with Gasteiger partial charge >= 0.3 is 0 Å². The molecule has 4 rings (SSSR count). The number of ether oxygens (including phenoxy) is 1. The summed E-state index contributed by atoms with van der Waals surface area (Å²) < 4.78 is 5.56. The van der Waals surface area contributed by atoms with E-state index in [2.05, 4.69) is 17.4 Å². The summed E-state index contributed by atoms with van der Waals surface area (Å²) in [6.45, 7) is 3.38. The van der Waals surface area contributed by atoms with E-state index in [0.717, 1.165) is 41.3 Å². The number of carbonyl (C=O) groups excluding carboxylic acids is 1. The van der Waals surface area contributed by atoms with Crippen molar-refractivity contribution >= 4 is 29.1 Å². The van der Waals surface area contributed by atoms with Crippen LogP contribution in [-0.2, 0) is 4.74 Å². The summed E-state index contributed by atoms with van der Waals surface area (Å²) in [6, 6.07) is 14.0. The second kappa shape index (κ2) is 7.02. The monoisotopic (exact) mass is 352 g/mol. The van der Waals surface area contributed by atoms with Gasteiger partial charge in [-0.3, -0.25) is 9.79 Å². The highest BCUT2D eigenvalue weighted by Crippen LogP contribution is 2.40. The number of rotatable bonds is 3. The zero-order valence-corrected chi connectivity index (χ0v) is 14.9. The molecule has 1 unspecified atom stereocenters. The average Bonchev–Trinajstić information content (AvgIpc) is 3.10. The second-order valence-electron chi connectivity index (χ2n) is 6.32. The number of benzene rings is 2. The van der Waals surface area contributed by atoms with Gasteiger partial charge in [0.1, 0.15) is 0 Å². The summed E-state index contributed by atoms with van der Waals surface area (Å²) in [7, 11) is 0. The van der Waals surface area contributed by atoms with E-state index < -0.39 is 0 Å². The number of nitrogens with zero attached hydrogens (tertiary/aromatic N) is 1. The fraction of sp³-hybridized carbons (Fsp3) is 0.300. The Morgan fingerprint density at radius 3 is 3.00 bits per heavy atom. The molecule has 0 aromatic heterocycles. The van der Waals surface area contributed by atoms with Gasteiger partial charge in [0, 0.05) is 39.8 Å². The first-order chi connectivity index (χ1) is 12.2. The average molecular weight is 352 g/mol. The van der Waals surface area contributed by atoms with E-state index in [1.807, 2.05) is 37.3 Å². The van der Waals surface area contributed by atoms with Crippen LogP contribution in [0.5, 0.6) is 0 Å². The minimum atomic E-state index is -0.0714. The maximum atomic E-state index is 12.5. The second-order valence-corrected chi connectivity index (χ2v) is 7.41. The van der Waals surface area contributed by atoms with Gasteiger partial charge in [-0.2, -0.15) is 0 Å². The molecule has 25 heavy (non-hydrogen) atoms. The van der Waals surface area contributed by atoms with Crippen LogP contribution in [0.1, 0.15) is 35.7 Å². The van der Waals surface area contributed by atoms with E-state index in [1.54, 1.807) is 11.8 Å². The third-order valence-electron chi connectivity index (χ3n) is 4.52. The molecule has 128 valence electrons. The minimum Gasteiger partial charge on any atom is -0.376 e. The molecule has 2 aliphatic rings. The molecular formula is C20H20N2O2S. The van der Waals surface area contributed by atoms with E-state index >= 15 is 0 Å². The molecule has 2 aromatic rings. The Balaban J connectivity index is 1.56. The third-order valence-corrected chi connectivity index (χ3v) is 5.66. The Labute approximate surface area is 151 Å². The van der Waals surface area contributed by atoms with E-state index in [4.69, 9.17) is 9.73 Å². The van der Waals surface area contributed by atoms with Crippen LogP contribution in [0, 0.1) is 0 Å². The van der Waals surface area contributed by atoms with Gasteiger partial charge < -0.3 is 10.1 Å². The molecule has 2 heterocycles. The van der Waals surface area contributed by atoms with Crippen LogP contribution in [0.2, 0.25) is 0 Å². The molecule has 4 nitrogen and oxygen atoms in total. The predicted molar refractivity (Wildman–Crippen MR) is 100 cm³/mol. The quantitative estimate of drug-likeness (QED) is 0.901. The fourth-order valence-corrected chi connectivity index (χ4v) is 4.21. The van der Waals surface area contributed by atoms with E-state index in [-0.39, 0.29) is 12.0 Å². The first-order valence-corrected chi connectivity index (χ1v) is 9.39. The minimum absolute atomic E-state index is 0.0714. The number of hydrogen-bond acceptors (Lipinski definition) is 4. The molecule has 1 fully saturated rings. The molecule has 2 aliphatic heterocycles. The van der Waals surface area contributed by atoms with Gasteiger partial charge in [-0.25, -0.2) is 0 Å². The fourth-order valence-electron chi connectivity index (χ4n) is 3.16. The number of carbonyl (C=O) groups is 1. The standard InChI is InChI=1S/C20H20N2O2S/c1-13-16-6-2-3-7-18(16)25-19-9-8-14(11-17(19)22-13)20(23)21-12-15-5-4-10-24-15/h2-3,6-9,11,15H,4-5,10,12H2,1H3,(H,21,23). The maximum Gasteiger partial charge on any atom is 0.251 e. The molecule has 0 aliphatic carbocycles. The number of hydrogen-bond donors (Lipinski definition) is 1. The molecule has 1 saturated heterocycles. The van der Waals surface area contributed by atoms with Gasteiger partial charge in [-0.15, -0.1) is 0 Å². The molecule has 1 atom stereocenters. The summed E-state index contributed by atoms with van der Waals surface area (Å²) in [5.74, 6) is -0.0714. The first kappa shape index (κ1) is 16.4. The van der Waals surface area contributed by atoms with Crippen molar-refractivity contribution in [1.29, 1.82) is 0 Å². The van der Waals surface area contributed by atoms with E-state index in [9.17, 15) is 4.79 Å². The molecule has 0 saturated carbocycles. The third kappa shape index (κ3) is 3.48. The Hall–Kier alpha value is -2.11. The highest BCUT2D eigenvalue weighted by Gasteiger charge is 2.19. The van der Waals surface area contributed by atoms with Crippen LogP contribution >= 0.6 is 11.8 Å². The van der Waals surface area contributed by atoms with Crippen LogP contribution in [0.15, 0.2) is 57.2 Å². The van der Waals surface area contributed by atoms with Crippen molar-refractivity contribution < 1.29 is 9.53 Å². The molecule has 0 bridgehead atoms. The first-order valence-electron chi connectivity index (χ1n) is 8.57. The summed E-state index contributed by atoms with van der Waals surface area (Å²) in [5.41, 5.74) is 3.61. The van der Waals surface area contributed by atoms with Crippen molar-refractivity contribution in [2.45, 2.75) is 35.7 Å². The maximum absolute atomic E-state index is 12.5. The lowest BCUT2D eigenvalue weighted by Gasteiger charge is -2.11. The Kier molecular flexibility index (Phi) is 4.59. The lowest BCUT2D eigenvalue weighted by atomic mass is 10.1. The van der Waals surface area contributed by atoms with Crippen molar-refractivity contribution in [3.8, 4) is 0 Å². The zero-order valence-electron chi connectivity index (χ0n) is 14.1. The Morgan fingerprint density at radius 1 is 1.28 bits per heavy atom. The lowest BCUT2D eigenvalue weighted by Crippen LogP contribution is -2.31. The van der Waals surface area contributed by atoms with E-state index in [0.29, 0.717) is 12.1 Å². The van der Waals surface area contributed by atoms with Crippen molar-refractivity contribution in [2.75, 3.05) is 13.2 Å². The molecule has 0 radical (unpaired) electrons. The van der Waals surface area contributed by atoms with Gasteiger partial charge in [0.2, 0.25) is 0 Å². The molecule has 0 spiro atoms. The van der Waals surface area contributed by atoms with Crippen LogP contribution in [0.25, 0.3) is 0 Å². The highest BCUT2D eigenvalue weighted by atomic mass is 32.2. The summed E-state index contributed by atoms with van der Waals surface area (Å²) in [4.78, 5) is 19.5.